The van der Waals surface area contributed by atoms with Crippen molar-refractivity contribution < 1.29 is 9.53 Å². The van der Waals surface area contributed by atoms with Crippen molar-refractivity contribution in [3.63, 3.8) is 0 Å². The van der Waals surface area contributed by atoms with E-state index in [2.05, 4.69) is 5.32 Å². The maximum Gasteiger partial charge on any atom is 0.240 e. The Kier molecular flexibility index (Phi) is 6.95. The molecule has 0 aromatic heterocycles. The SMILES string of the molecule is COC(C)CN(C(=O)[C@H]1CCN1)C(C)C.Cl. The monoisotopic (exact) mass is 250 g/mol. The summed E-state index contributed by atoms with van der Waals surface area (Å²) in [5.41, 5.74) is 0. The summed E-state index contributed by atoms with van der Waals surface area (Å²) in [6.45, 7) is 7.70. The highest BCUT2D eigenvalue weighted by Crippen LogP contribution is 2.11. The zero-order chi connectivity index (χ0) is 11.4. The molecule has 1 heterocycles. The van der Waals surface area contributed by atoms with Crippen LogP contribution in [0.15, 0.2) is 0 Å². The number of hydrogen-bond donors (Lipinski definition) is 1. The molecule has 1 fully saturated rings. The Balaban J connectivity index is 0.00000225. The summed E-state index contributed by atoms with van der Waals surface area (Å²) in [5.74, 6) is 0.208. The van der Waals surface area contributed by atoms with Crippen molar-refractivity contribution in [1.82, 2.24) is 10.2 Å². The number of ether oxygens (including phenoxy) is 1. The summed E-state index contributed by atoms with van der Waals surface area (Å²) in [6.07, 6.45) is 1.06. The third kappa shape index (κ3) is 3.92. The van der Waals surface area contributed by atoms with Gasteiger partial charge in [0.15, 0.2) is 0 Å². The molecular formula is C11H23ClN2O2. The summed E-state index contributed by atoms with van der Waals surface area (Å²) in [6, 6.07) is 0.272. The lowest BCUT2D eigenvalue weighted by Gasteiger charge is -2.36. The maximum absolute atomic E-state index is 12.0. The van der Waals surface area contributed by atoms with Crippen molar-refractivity contribution in [3.8, 4) is 0 Å². The fourth-order valence-electron chi connectivity index (χ4n) is 1.61. The molecule has 1 amide bonds. The Hall–Kier alpha value is -0.320. The van der Waals surface area contributed by atoms with Crippen molar-refractivity contribution in [1.29, 1.82) is 0 Å². The van der Waals surface area contributed by atoms with Gasteiger partial charge in [0, 0.05) is 19.7 Å². The first-order chi connectivity index (χ1) is 7.06. The molecule has 0 aromatic rings. The molecule has 1 aliphatic rings. The van der Waals surface area contributed by atoms with Gasteiger partial charge in [0.1, 0.15) is 0 Å². The van der Waals surface area contributed by atoms with Gasteiger partial charge in [-0.2, -0.15) is 0 Å². The van der Waals surface area contributed by atoms with Gasteiger partial charge in [-0.3, -0.25) is 4.79 Å². The number of carbonyl (C=O) groups is 1. The van der Waals surface area contributed by atoms with Crippen LogP contribution in [-0.2, 0) is 9.53 Å². The van der Waals surface area contributed by atoms with Gasteiger partial charge in [-0.15, -0.1) is 12.4 Å². The third-order valence-electron chi connectivity index (χ3n) is 2.88. The normalized spacial score (nSPS) is 20.9. The first-order valence-corrected chi connectivity index (χ1v) is 5.63. The quantitative estimate of drug-likeness (QED) is 0.793. The molecule has 0 bridgehead atoms. The summed E-state index contributed by atoms with van der Waals surface area (Å²) in [4.78, 5) is 13.9. The number of methoxy groups -OCH3 is 1. The standard InChI is InChI=1S/C11H22N2O2.ClH/c1-8(2)13(7-9(3)15-4)11(14)10-5-6-12-10;/h8-10,12H,5-7H2,1-4H3;1H/t9?,10-;/m1./s1. The predicted molar refractivity (Wildman–Crippen MR) is 67.0 cm³/mol. The third-order valence-corrected chi connectivity index (χ3v) is 2.88. The zero-order valence-corrected chi connectivity index (χ0v) is 11.3. The van der Waals surface area contributed by atoms with E-state index in [1.165, 1.54) is 0 Å². The molecular weight excluding hydrogens is 228 g/mol. The second kappa shape index (κ2) is 7.09. The van der Waals surface area contributed by atoms with E-state index in [0.717, 1.165) is 13.0 Å². The van der Waals surface area contributed by atoms with Crippen molar-refractivity contribution in [2.24, 2.45) is 0 Å². The number of halogens is 1. The van der Waals surface area contributed by atoms with Gasteiger partial charge < -0.3 is 15.0 Å². The van der Waals surface area contributed by atoms with E-state index in [-0.39, 0.29) is 36.5 Å². The predicted octanol–water partition coefficient (Wildman–Crippen LogP) is 1.04. The lowest BCUT2D eigenvalue weighted by Crippen LogP contribution is -2.57. The summed E-state index contributed by atoms with van der Waals surface area (Å²) < 4.78 is 5.20. The van der Waals surface area contributed by atoms with Crippen LogP contribution in [0.5, 0.6) is 0 Å². The van der Waals surface area contributed by atoms with Gasteiger partial charge in [-0.1, -0.05) is 0 Å². The van der Waals surface area contributed by atoms with Gasteiger partial charge in [0.25, 0.3) is 0 Å². The van der Waals surface area contributed by atoms with Gasteiger partial charge in [0.05, 0.1) is 12.1 Å². The topological polar surface area (TPSA) is 41.6 Å². The molecule has 0 aliphatic carbocycles. The molecule has 0 saturated carbocycles. The number of nitrogens with zero attached hydrogens (tertiary/aromatic N) is 1. The van der Waals surface area contributed by atoms with Crippen LogP contribution in [0, 0.1) is 0 Å². The minimum Gasteiger partial charge on any atom is -0.380 e. The number of rotatable bonds is 5. The van der Waals surface area contributed by atoms with Crippen molar-refractivity contribution in [2.75, 3.05) is 20.2 Å². The fraction of sp³-hybridized carbons (Fsp3) is 0.909. The van der Waals surface area contributed by atoms with Crippen LogP contribution in [0.1, 0.15) is 27.2 Å². The lowest BCUT2D eigenvalue weighted by molar-refractivity contribution is -0.138. The lowest BCUT2D eigenvalue weighted by atomic mass is 10.0. The minimum absolute atomic E-state index is 0. The average molecular weight is 251 g/mol. The Labute approximate surface area is 104 Å². The highest BCUT2D eigenvalue weighted by atomic mass is 35.5. The molecule has 96 valence electrons. The Morgan fingerprint density at radius 2 is 2.06 bits per heavy atom. The molecule has 1 rings (SSSR count). The minimum atomic E-state index is 0. The van der Waals surface area contributed by atoms with E-state index >= 15 is 0 Å². The molecule has 1 aliphatic heterocycles. The van der Waals surface area contributed by atoms with Crippen molar-refractivity contribution in [3.05, 3.63) is 0 Å². The summed E-state index contributed by atoms with van der Waals surface area (Å²) in [7, 11) is 1.68. The van der Waals surface area contributed by atoms with Gasteiger partial charge >= 0.3 is 0 Å². The molecule has 1 unspecified atom stereocenters. The first kappa shape index (κ1) is 15.7. The second-order valence-electron chi connectivity index (χ2n) is 4.43. The van der Waals surface area contributed by atoms with Crippen molar-refractivity contribution in [2.45, 2.75) is 45.4 Å². The first-order valence-electron chi connectivity index (χ1n) is 5.63. The zero-order valence-electron chi connectivity index (χ0n) is 10.5. The van der Waals surface area contributed by atoms with Crippen LogP contribution in [0.2, 0.25) is 0 Å². The van der Waals surface area contributed by atoms with E-state index in [1.54, 1.807) is 7.11 Å². The molecule has 1 N–H and O–H groups in total. The Bertz CT molecular complexity index is 220. The Morgan fingerprint density at radius 3 is 2.38 bits per heavy atom. The molecule has 2 atom stereocenters. The molecule has 5 heteroatoms. The van der Waals surface area contributed by atoms with Crippen LogP contribution in [0.25, 0.3) is 0 Å². The van der Waals surface area contributed by atoms with Crippen LogP contribution in [0.4, 0.5) is 0 Å². The van der Waals surface area contributed by atoms with Crippen molar-refractivity contribution >= 4 is 18.3 Å². The number of carbonyl (C=O) groups excluding carboxylic acids is 1. The largest absolute Gasteiger partial charge is 0.380 e. The fourth-order valence-corrected chi connectivity index (χ4v) is 1.61. The molecule has 0 aromatic carbocycles. The van der Waals surface area contributed by atoms with Crippen LogP contribution in [-0.4, -0.2) is 49.2 Å². The van der Waals surface area contributed by atoms with E-state index in [1.807, 2.05) is 25.7 Å². The molecule has 1 saturated heterocycles. The summed E-state index contributed by atoms with van der Waals surface area (Å²) in [5, 5.41) is 3.14. The smallest absolute Gasteiger partial charge is 0.240 e. The van der Waals surface area contributed by atoms with Crippen LogP contribution in [0.3, 0.4) is 0 Å². The highest BCUT2D eigenvalue weighted by Gasteiger charge is 2.30. The van der Waals surface area contributed by atoms with Crippen LogP contribution >= 0.6 is 12.4 Å². The van der Waals surface area contributed by atoms with Gasteiger partial charge in [-0.25, -0.2) is 0 Å². The highest BCUT2D eigenvalue weighted by molar-refractivity contribution is 5.85. The maximum atomic E-state index is 12.0. The van der Waals surface area contributed by atoms with E-state index < -0.39 is 0 Å². The number of nitrogens with one attached hydrogen (secondary N) is 1. The van der Waals surface area contributed by atoms with Crippen LogP contribution < -0.4 is 5.32 Å². The van der Waals surface area contributed by atoms with E-state index in [9.17, 15) is 4.79 Å². The van der Waals surface area contributed by atoms with Gasteiger partial charge in [-0.05, 0) is 33.7 Å². The number of hydrogen-bond acceptors (Lipinski definition) is 3. The summed E-state index contributed by atoms with van der Waals surface area (Å²) >= 11 is 0. The molecule has 0 radical (unpaired) electrons. The van der Waals surface area contributed by atoms with Gasteiger partial charge in [0.2, 0.25) is 5.91 Å². The Morgan fingerprint density at radius 1 is 1.50 bits per heavy atom. The molecule has 0 spiro atoms. The number of amides is 1. The molecule has 4 nitrogen and oxygen atoms in total. The van der Waals surface area contributed by atoms with E-state index in [4.69, 9.17) is 4.74 Å². The molecule has 16 heavy (non-hydrogen) atoms. The van der Waals surface area contributed by atoms with E-state index in [0.29, 0.717) is 6.54 Å². The average Bonchev–Trinajstić information content (AvgIpc) is 2.10. The second-order valence-corrected chi connectivity index (χ2v) is 4.43.